The number of ether oxygens (including phenoxy) is 1. The van der Waals surface area contributed by atoms with Gasteiger partial charge in [-0.1, -0.05) is 12.1 Å². The van der Waals surface area contributed by atoms with Crippen molar-refractivity contribution in [3.63, 3.8) is 0 Å². The van der Waals surface area contributed by atoms with E-state index in [1.165, 1.54) is 37.4 Å². The molecule has 0 atom stereocenters. The van der Waals surface area contributed by atoms with Gasteiger partial charge in [0.05, 0.1) is 35.6 Å². The number of hydrogen-bond acceptors (Lipinski definition) is 7. The average Bonchev–Trinajstić information content (AvgIpc) is 2.68. The lowest BCUT2D eigenvalue weighted by Gasteiger charge is -2.28. The van der Waals surface area contributed by atoms with E-state index in [-0.39, 0.29) is 16.2 Å². The number of nitrogens with one attached hydrogen (secondary N) is 1. The number of anilines is 1. The highest BCUT2D eigenvalue weighted by Crippen LogP contribution is 2.17. The zero-order valence-electron chi connectivity index (χ0n) is 14.7. The van der Waals surface area contributed by atoms with Crippen molar-refractivity contribution in [3.05, 3.63) is 53.9 Å². The second-order valence-electron chi connectivity index (χ2n) is 6.05. The number of carbonyl (C=O) groups excluding carboxylic acids is 2. The molecule has 1 aromatic carbocycles. The Hall–Kier alpha value is -2.78. The van der Waals surface area contributed by atoms with Crippen molar-refractivity contribution in [2.45, 2.75) is 11.8 Å². The van der Waals surface area contributed by atoms with Crippen LogP contribution >= 0.6 is 0 Å². The van der Waals surface area contributed by atoms with Crippen LogP contribution in [0.1, 0.15) is 27.6 Å². The lowest BCUT2D eigenvalue weighted by atomic mass is 10.2. The van der Waals surface area contributed by atoms with Crippen molar-refractivity contribution in [1.29, 1.82) is 0 Å². The summed E-state index contributed by atoms with van der Waals surface area (Å²) in [5.41, 5.74) is 1.26. The van der Waals surface area contributed by atoms with Crippen molar-refractivity contribution in [3.8, 4) is 0 Å². The van der Waals surface area contributed by atoms with Crippen LogP contribution in [0.15, 0.2) is 47.6 Å². The molecule has 0 saturated carbocycles. The SMILES string of the molecule is CC(=O)c1ccc(S(=O)(=O)NC(=O)c2cncc(N3CCOCC3)c2)cc1. The van der Waals surface area contributed by atoms with Gasteiger partial charge in [-0.15, -0.1) is 0 Å². The van der Waals surface area contributed by atoms with Crippen LogP contribution in [-0.2, 0) is 14.8 Å². The van der Waals surface area contributed by atoms with Crippen molar-refractivity contribution < 1.29 is 22.7 Å². The average molecular weight is 389 g/mol. The van der Waals surface area contributed by atoms with Gasteiger partial charge in [-0.2, -0.15) is 0 Å². The van der Waals surface area contributed by atoms with Crippen LogP contribution in [0.5, 0.6) is 0 Å². The third-order valence-electron chi connectivity index (χ3n) is 4.16. The van der Waals surface area contributed by atoms with Crippen LogP contribution in [0.2, 0.25) is 0 Å². The van der Waals surface area contributed by atoms with Crippen LogP contribution in [0.4, 0.5) is 5.69 Å². The number of amides is 1. The van der Waals surface area contributed by atoms with Gasteiger partial charge in [0, 0.05) is 24.8 Å². The zero-order valence-corrected chi connectivity index (χ0v) is 15.5. The van der Waals surface area contributed by atoms with Gasteiger partial charge in [0.2, 0.25) is 0 Å². The second kappa shape index (κ2) is 7.85. The minimum absolute atomic E-state index is 0.0989. The predicted octanol–water partition coefficient (Wildman–Crippen LogP) is 1.24. The monoisotopic (exact) mass is 389 g/mol. The van der Waals surface area contributed by atoms with Crippen LogP contribution in [0.3, 0.4) is 0 Å². The quantitative estimate of drug-likeness (QED) is 0.767. The van der Waals surface area contributed by atoms with E-state index in [4.69, 9.17) is 4.74 Å². The number of ketones is 1. The molecule has 142 valence electrons. The molecule has 8 nitrogen and oxygen atoms in total. The summed E-state index contributed by atoms with van der Waals surface area (Å²) in [6.45, 7) is 3.91. The van der Waals surface area contributed by atoms with Crippen LogP contribution in [-0.4, -0.2) is 51.4 Å². The Kier molecular flexibility index (Phi) is 5.52. The summed E-state index contributed by atoms with van der Waals surface area (Å²) < 4.78 is 32.2. The zero-order chi connectivity index (χ0) is 19.4. The number of carbonyl (C=O) groups is 2. The molecule has 1 fully saturated rings. The highest BCUT2D eigenvalue weighted by Gasteiger charge is 2.20. The van der Waals surface area contributed by atoms with Crippen molar-refractivity contribution in [1.82, 2.24) is 9.71 Å². The molecule has 0 spiro atoms. The molecule has 9 heteroatoms. The van der Waals surface area contributed by atoms with Crippen LogP contribution in [0, 0.1) is 0 Å². The maximum Gasteiger partial charge on any atom is 0.266 e. The Labute approximate surface area is 157 Å². The topological polar surface area (TPSA) is 106 Å². The van der Waals surface area contributed by atoms with Crippen molar-refractivity contribution in [2.75, 3.05) is 31.2 Å². The number of nitrogens with zero attached hydrogens (tertiary/aromatic N) is 2. The van der Waals surface area contributed by atoms with Gasteiger partial charge in [-0.25, -0.2) is 13.1 Å². The van der Waals surface area contributed by atoms with Gasteiger partial charge in [-0.3, -0.25) is 14.6 Å². The summed E-state index contributed by atoms with van der Waals surface area (Å²) in [6, 6.07) is 6.98. The molecule has 0 bridgehead atoms. The Bertz CT molecular complexity index is 951. The first-order valence-electron chi connectivity index (χ1n) is 8.33. The Morgan fingerprint density at radius 3 is 2.37 bits per heavy atom. The fourth-order valence-corrected chi connectivity index (χ4v) is 3.63. The summed E-state index contributed by atoms with van der Waals surface area (Å²) in [5.74, 6) is -0.942. The van der Waals surface area contributed by atoms with Gasteiger partial charge in [0.1, 0.15) is 0 Å². The largest absolute Gasteiger partial charge is 0.378 e. The number of sulfonamides is 1. The van der Waals surface area contributed by atoms with Gasteiger partial charge in [0.15, 0.2) is 5.78 Å². The summed E-state index contributed by atoms with van der Waals surface area (Å²) in [7, 11) is -4.06. The molecule has 1 saturated heterocycles. The fourth-order valence-electron chi connectivity index (χ4n) is 2.66. The molecule has 1 amide bonds. The number of hydrogen-bond donors (Lipinski definition) is 1. The summed E-state index contributed by atoms with van der Waals surface area (Å²) >= 11 is 0. The molecule has 2 aromatic rings. The maximum absolute atomic E-state index is 12.4. The van der Waals surface area contributed by atoms with E-state index in [0.717, 1.165) is 5.69 Å². The fraction of sp³-hybridized carbons (Fsp3) is 0.278. The molecule has 1 aliphatic heterocycles. The number of Topliss-reactive ketones (excluding diaryl/α,β-unsaturated/α-hetero) is 1. The number of aromatic nitrogens is 1. The molecule has 1 N–H and O–H groups in total. The smallest absolute Gasteiger partial charge is 0.266 e. The van der Waals surface area contributed by atoms with Gasteiger partial charge < -0.3 is 9.64 Å². The number of pyridine rings is 1. The lowest BCUT2D eigenvalue weighted by Crippen LogP contribution is -2.36. The van der Waals surface area contributed by atoms with E-state index in [1.54, 1.807) is 12.3 Å². The number of benzene rings is 1. The molecule has 3 rings (SSSR count). The van der Waals surface area contributed by atoms with Crippen LogP contribution < -0.4 is 9.62 Å². The first-order valence-corrected chi connectivity index (χ1v) is 9.81. The minimum atomic E-state index is -4.06. The first-order chi connectivity index (χ1) is 12.9. The third-order valence-corrected chi connectivity index (χ3v) is 5.51. The van der Waals surface area contributed by atoms with E-state index >= 15 is 0 Å². The van der Waals surface area contributed by atoms with E-state index in [2.05, 4.69) is 4.98 Å². The summed E-state index contributed by atoms with van der Waals surface area (Å²) in [5, 5.41) is 0. The summed E-state index contributed by atoms with van der Waals surface area (Å²) in [6.07, 6.45) is 2.94. The highest BCUT2D eigenvalue weighted by molar-refractivity contribution is 7.90. The number of morpholine rings is 1. The predicted molar refractivity (Wildman–Crippen MR) is 98.4 cm³/mol. The molecule has 1 aromatic heterocycles. The Morgan fingerprint density at radius 1 is 1.07 bits per heavy atom. The molecular weight excluding hydrogens is 370 g/mol. The molecular formula is C18H19N3O5S. The first kappa shape index (κ1) is 19.0. The molecule has 0 unspecified atom stereocenters. The molecule has 0 radical (unpaired) electrons. The molecule has 2 heterocycles. The van der Waals surface area contributed by atoms with Gasteiger partial charge in [-0.05, 0) is 25.1 Å². The van der Waals surface area contributed by atoms with E-state index in [9.17, 15) is 18.0 Å². The Balaban J connectivity index is 1.76. The van der Waals surface area contributed by atoms with Gasteiger partial charge >= 0.3 is 0 Å². The van der Waals surface area contributed by atoms with Crippen LogP contribution in [0.25, 0.3) is 0 Å². The highest BCUT2D eigenvalue weighted by atomic mass is 32.2. The van der Waals surface area contributed by atoms with E-state index in [1.807, 2.05) is 9.62 Å². The minimum Gasteiger partial charge on any atom is -0.378 e. The Morgan fingerprint density at radius 2 is 1.74 bits per heavy atom. The molecule has 27 heavy (non-hydrogen) atoms. The normalized spacial score (nSPS) is 14.6. The van der Waals surface area contributed by atoms with E-state index < -0.39 is 15.9 Å². The second-order valence-corrected chi connectivity index (χ2v) is 7.73. The lowest BCUT2D eigenvalue weighted by molar-refractivity contribution is 0.0978. The maximum atomic E-state index is 12.4. The van der Waals surface area contributed by atoms with Gasteiger partial charge in [0.25, 0.3) is 15.9 Å². The molecule has 0 aliphatic carbocycles. The van der Waals surface area contributed by atoms with E-state index in [0.29, 0.717) is 31.9 Å². The summed E-state index contributed by atoms with van der Waals surface area (Å²) in [4.78, 5) is 29.7. The number of rotatable bonds is 5. The third kappa shape index (κ3) is 4.50. The molecule has 1 aliphatic rings. The van der Waals surface area contributed by atoms with Crippen molar-refractivity contribution >= 4 is 27.4 Å². The standard InChI is InChI=1S/C18H19N3O5S/c1-13(22)14-2-4-17(5-3-14)27(24,25)20-18(23)15-10-16(12-19-11-15)21-6-8-26-9-7-21/h2-5,10-12H,6-9H2,1H3,(H,20,23). The van der Waals surface area contributed by atoms with Crippen molar-refractivity contribution in [2.24, 2.45) is 0 Å².